The summed E-state index contributed by atoms with van der Waals surface area (Å²) in [5.41, 5.74) is 5.21. The van der Waals surface area contributed by atoms with E-state index in [0.29, 0.717) is 43.0 Å². The lowest BCUT2D eigenvalue weighted by Crippen LogP contribution is -2.32. The number of aromatic nitrogens is 1. The van der Waals surface area contributed by atoms with E-state index in [1.807, 2.05) is 54.6 Å². The summed E-state index contributed by atoms with van der Waals surface area (Å²) in [4.78, 5) is 23.2. The number of nitrogens with one attached hydrogen (secondary N) is 2. The number of nitrogens with zero attached hydrogens (tertiary/aromatic N) is 1. The van der Waals surface area contributed by atoms with Gasteiger partial charge in [0.2, 0.25) is 11.8 Å². The molecule has 2 heterocycles. The van der Waals surface area contributed by atoms with Gasteiger partial charge in [0.1, 0.15) is 0 Å². The van der Waals surface area contributed by atoms with Gasteiger partial charge in [-0.05, 0) is 35.6 Å². The van der Waals surface area contributed by atoms with Gasteiger partial charge in [0.15, 0.2) is 12.5 Å². The molecule has 2 aromatic carbocycles. The fourth-order valence-corrected chi connectivity index (χ4v) is 5.55. The van der Waals surface area contributed by atoms with Crippen molar-refractivity contribution < 1.29 is 34.1 Å². The van der Waals surface area contributed by atoms with Crippen molar-refractivity contribution in [2.45, 2.75) is 75.2 Å². The molecule has 0 bridgehead atoms. The van der Waals surface area contributed by atoms with Crippen molar-refractivity contribution in [3.8, 4) is 0 Å². The number of benzene rings is 2. The summed E-state index contributed by atoms with van der Waals surface area (Å²) in [5, 5.41) is 33.6. The molecule has 1 saturated heterocycles. The van der Waals surface area contributed by atoms with Crippen LogP contribution in [0.3, 0.4) is 0 Å². The first-order valence-corrected chi connectivity index (χ1v) is 15.0. The molecule has 0 aliphatic carbocycles. The van der Waals surface area contributed by atoms with E-state index in [9.17, 15) is 19.9 Å². The fraction of sp³-hybridized carbons (Fsp3) is 0.387. The molecule has 224 valence electrons. The second-order valence-electron chi connectivity index (χ2n) is 10.1. The topological polar surface area (TPSA) is 144 Å². The monoisotopic (exact) mass is 595 g/mol. The Balaban J connectivity index is 1.34. The van der Waals surface area contributed by atoms with E-state index < -0.39 is 12.2 Å². The molecule has 1 fully saturated rings. The normalized spacial score (nSPS) is 18.4. The van der Waals surface area contributed by atoms with Crippen molar-refractivity contribution in [1.82, 2.24) is 10.8 Å². The molecule has 2 amide bonds. The minimum atomic E-state index is -0.612. The number of ether oxygens (including phenoxy) is 2. The quantitative estimate of drug-likeness (QED) is 0.0542. The van der Waals surface area contributed by atoms with Crippen LogP contribution >= 0.6 is 11.8 Å². The summed E-state index contributed by atoms with van der Waals surface area (Å²) in [6.07, 6.45) is 3.71. The number of carbonyl (C=O) groups is 2. The summed E-state index contributed by atoms with van der Waals surface area (Å²) in [5.74, 6) is 0.103. The van der Waals surface area contributed by atoms with Crippen molar-refractivity contribution >= 4 is 23.6 Å². The predicted molar refractivity (Wildman–Crippen MR) is 156 cm³/mol. The zero-order valence-electron chi connectivity index (χ0n) is 23.3. The third-order valence-corrected chi connectivity index (χ3v) is 8.14. The molecule has 4 N–H and O–H groups in total. The van der Waals surface area contributed by atoms with Crippen LogP contribution in [-0.2, 0) is 32.2 Å². The first-order chi connectivity index (χ1) is 20.4. The van der Waals surface area contributed by atoms with Crippen LogP contribution in [0.1, 0.15) is 73.2 Å². The van der Waals surface area contributed by atoms with Crippen molar-refractivity contribution in [3.05, 3.63) is 100 Å². The van der Waals surface area contributed by atoms with Crippen molar-refractivity contribution in [3.63, 3.8) is 0 Å². The average molecular weight is 596 g/mol. The number of unbranched alkanes of at least 4 members (excludes halogenated alkanes) is 2. The lowest BCUT2D eigenvalue weighted by Gasteiger charge is -2.36. The average Bonchev–Trinajstić information content (AvgIpc) is 3.03. The van der Waals surface area contributed by atoms with Gasteiger partial charge in [0, 0.05) is 49.3 Å². The van der Waals surface area contributed by atoms with Gasteiger partial charge in [-0.1, -0.05) is 66.7 Å². The van der Waals surface area contributed by atoms with Crippen LogP contribution in [0.15, 0.2) is 78.0 Å². The first kappa shape index (κ1) is 31.5. The van der Waals surface area contributed by atoms with Gasteiger partial charge in [-0.25, -0.2) is 5.48 Å². The Labute approximate surface area is 249 Å². The van der Waals surface area contributed by atoms with Gasteiger partial charge >= 0.3 is 0 Å². The molecule has 0 spiro atoms. The summed E-state index contributed by atoms with van der Waals surface area (Å²) in [7, 11) is 0. The molecule has 3 atom stereocenters. The number of hydroxylamine groups is 1. The Morgan fingerprint density at radius 1 is 0.905 bits per heavy atom. The molecular formula is C31H37N3O7S. The van der Waals surface area contributed by atoms with Crippen LogP contribution in [-0.4, -0.2) is 34.0 Å². The van der Waals surface area contributed by atoms with Crippen LogP contribution in [0.4, 0.5) is 0 Å². The molecule has 0 radical (unpaired) electrons. The summed E-state index contributed by atoms with van der Waals surface area (Å²) in [6.45, 7) is 0.366. The molecule has 1 aliphatic heterocycles. The maximum atomic E-state index is 12.2. The van der Waals surface area contributed by atoms with Gasteiger partial charge in [0.25, 0.3) is 5.03 Å². The Bertz CT molecular complexity index is 1290. The van der Waals surface area contributed by atoms with Gasteiger partial charge in [0.05, 0.1) is 18.8 Å². The summed E-state index contributed by atoms with van der Waals surface area (Å²) < 4.78 is 13.6. The zero-order valence-corrected chi connectivity index (χ0v) is 24.1. The highest BCUT2D eigenvalue weighted by Gasteiger charge is 2.32. The lowest BCUT2D eigenvalue weighted by atomic mass is 10.0. The second kappa shape index (κ2) is 16.2. The lowest BCUT2D eigenvalue weighted by molar-refractivity contribution is -0.645. The minimum Gasteiger partial charge on any atom is -0.618 e. The second-order valence-corrected chi connectivity index (χ2v) is 11.2. The standard InChI is InChI=1S/C31H37N3O7S/c35-20-23-11-13-24(14-12-23)27-18-26(21-42-30-8-4-5-17-34(30)39)40-31(41-27)25-15-9-22(10-16-25)19-32-28(36)6-2-1-3-7-29(37)33-38/h4-5,8-17,26-27,31,35,38H,1-3,6-7,18-21H2,(H,32,36)(H,33,37)/t26-,27+,31+/m1/s1. The molecule has 0 saturated carbocycles. The van der Waals surface area contributed by atoms with Crippen LogP contribution in [0, 0.1) is 5.21 Å². The molecule has 10 nitrogen and oxygen atoms in total. The number of hydrogen-bond acceptors (Lipinski definition) is 8. The minimum absolute atomic E-state index is 0.0264. The Hall–Kier alpha value is -3.48. The molecule has 42 heavy (non-hydrogen) atoms. The van der Waals surface area contributed by atoms with Crippen molar-refractivity contribution in [2.75, 3.05) is 5.75 Å². The summed E-state index contributed by atoms with van der Waals surface area (Å²) in [6, 6.07) is 20.7. The number of pyridine rings is 1. The van der Waals surface area contributed by atoms with Crippen LogP contribution in [0.25, 0.3) is 0 Å². The van der Waals surface area contributed by atoms with E-state index in [4.69, 9.17) is 14.7 Å². The van der Waals surface area contributed by atoms with Gasteiger partial charge < -0.3 is 25.1 Å². The van der Waals surface area contributed by atoms with Crippen molar-refractivity contribution in [2.24, 2.45) is 0 Å². The van der Waals surface area contributed by atoms with E-state index in [1.165, 1.54) is 18.0 Å². The SMILES string of the molecule is O=C(CCCCCC(=O)NCc1ccc([C@H]2O[C@@H](CSc3cccc[n+]3[O-])C[C@@H](c3ccc(CO)cc3)O2)cc1)NO. The summed E-state index contributed by atoms with van der Waals surface area (Å²) >= 11 is 1.45. The number of rotatable bonds is 14. The largest absolute Gasteiger partial charge is 0.618 e. The van der Waals surface area contributed by atoms with Crippen LogP contribution in [0.5, 0.6) is 0 Å². The van der Waals surface area contributed by atoms with Crippen LogP contribution < -0.4 is 15.5 Å². The number of aliphatic hydroxyl groups excluding tert-OH is 1. The third kappa shape index (κ3) is 9.53. The number of hydrogen-bond donors (Lipinski definition) is 4. The highest BCUT2D eigenvalue weighted by Crippen LogP contribution is 2.39. The van der Waals surface area contributed by atoms with Crippen LogP contribution in [0.2, 0.25) is 0 Å². The molecule has 1 aromatic heterocycles. The Morgan fingerprint density at radius 3 is 2.29 bits per heavy atom. The van der Waals surface area contributed by atoms with E-state index in [-0.39, 0.29) is 31.1 Å². The van der Waals surface area contributed by atoms with E-state index in [2.05, 4.69) is 5.32 Å². The Morgan fingerprint density at radius 2 is 1.60 bits per heavy atom. The number of amides is 2. The smallest absolute Gasteiger partial charge is 0.251 e. The van der Waals surface area contributed by atoms with E-state index in [0.717, 1.165) is 33.4 Å². The van der Waals surface area contributed by atoms with Gasteiger partial charge in [-0.2, -0.15) is 4.73 Å². The first-order valence-electron chi connectivity index (χ1n) is 14.0. The third-order valence-electron chi connectivity index (χ3n) is 6.99. The maximum absolute atomic E-state index is 12.2. The van der Waals surface area contributed by atoms with Gasteiger partial charge in [-0.3, -0.25) is 14.8 Å². The predicted octanol–water partition coefficient (Wildman–Crippen LogP) is 4.22. The number of thioether (sulfide) groups is 1. The van der Waals surface area contributed by atoms with Crippen molar-refractivity contribution in [1.29, 1.82) is 0 Å². The number of aliphatic hydroxyl groups is 1. The van der Waals surface area contributed by atoms with E-state index in [1.54, 1.807) is 17.6 Å². The molecule has 4 rings (SSSR count). The molecule has 11 heteroatoms. The maximum Gasteiger partial charge on any atom is 0.251 e. The number of carbonyl (C=O) groups excluding carboxylic acids is 2. The van der Waals surface area contributed by atoms with Gasteiger partial charge in [-0.15, -0.1) is 0 Å². The molecular weight excluding hydrogens is 558 g/mol. The molecule has 3 aromatic rings. The fourth-order valence-electron chi connectivity index (χ4n) is 4.61. The molecule has 0 unspecified atom stereocenters. The zero-order chi connectivity index (χ0) is 29.7. The Kier molecular flexibility index (Phi) is 12.2. The highest BCUT2D eigenvalue weighted by atomic mass is 32.2. The molecule has 1 aliphatic rings. The highest BCUT2D eigenvalue weighted by molar-refractivity contribution is 7.99. The van der Waals surface area contributed by atoms with E-state index >= 15 is 0 Å².